The van der Waals surface area contributed by atoms with E-state index >= 15 is 0 Å². The van der Waals surface area contributed by atoms with E-state index in [0.29, 0.717) is 36.8 Å². The number of aliphatic imine (C=N–C) groups is 1. The normalized spacial score (nSPS) is 21.8. The topological polar surface area (TPSA) is 156 Å². The summed E-state index contributed by atoms with van der Waals surface area (Å²) in [4.78, 5) is 32.6. The molecule has 13 heteroatoms. The average Bonchev–Trinajstić information content (AvgIpc) is 3.30. The maximum atomic E-state index is 12.5. The molecule has 1 aromatic rings. The molecule has 0 bridgehead atoms. The molecule has 40 heavy (non-hydrogen) atoms. The Morgan fingerprint density at radius 2 is 2.00 bits per heavy atom. The summed E-state index contributed by atoms with van der Waals surface area (Å²) in [6.45, 7) is 16.8. The van der Waals surface area contributed by atoms with Crippen LogP contribution in [0.4, 0.5) is 10.6 Å². The second-order valence-electron chi connectivity index (χ2n) is 10.1. The molecule has 0 amide bonds. The number of aromatic nitrogens is 2. The van der Waals surface area contributed by atoms with E-state index in [1.807, 2.05) is 20.8 Å². The maximum absolute atomic E-state index is 12.5. The van der Waals surface area contributed by atoms with Crippen molar-refractivity contribution in [1.29, 1.82) is 5.41 Å². The molecule has 1 aliphatic rings. The Kier molecular flexibility index (Phi) is 13.2. The fraction of sp³-hybridized carbons (Fsp3) is 0.741. The van der Waals surface area contributed by atoms with Gasteiger partial charge in [-0.1, -0.05) is 20.3 Å². The van der Waals surface area contributed by atoms with Crippen LogP contribution in [0.25, 0.3) is 0 Å². The molecule has 1 aliphatic heterocycles. The van der Waals surface area contributed by atoms with Crippen LogP contribution < -0.4 is 5.32 Å². The Labute approximate surface area is 236 Å². The van der Waals surface area contributed by atoms with Gasteiger partial charge in [0.05, 0.1) is 50.0 Å². The Balaban J connectivity index is 2.01. The highest BCUT2D eigenvalue weighted by Gasteiger charge is 2.55. The van der Waals surface area contributed by atoms with Gasteiger partial charge in [-0.05, 0) is 54.2 Å². The predicted molar refractivity (Wildman–Crippen MR) is 148 cm³/mol. The summed E-state index contributed by atoms with van der Waals surface area (Å²) in [5.41, 5.74) is 0.887. The molecule has 0 saturated carbocycles. The van der Waals surface area contributed by atoms with Gasteiger partial charge in [0, 0.05) is 0 Å². The van der Waals surface area contributed by atoms with E-state index in [2.05, 4.69) is 22.0 Å². The maximum Gasteiger partial charge on any atom is 0.510 e. The number of carbonyl (C=O) groups excluding carboxylic acids is 2. The molecule has 1 fully saturated rings. The van der Waals surface area contributed by atoms with Crippen LogP contribution in [0.1, 0.15) is 73.4 Å². The van der Waals surface area contributed by atoms with E-state index in [4.69, 9.17) is 33.8 Å². The van der Waals surface area contributed by atoms with Gasteiger partial charge in [0.15, 0.2) is 18.4 Å². The zero-order valence-corrected chi connectivity index (χ0v) is 24.7. The van der Waals surface area contributed by atoms with Gasteiger partial charge in [-0.25, -0.2) is 14.8 Å². The first-order valence-corrected chi connectivity index (χ1v) is 13.7. The predicted octanol–water partition coefficient (Wildman–Crippen LogP) is 3.74. The summed E-state index contributed by atoms with van der Waals surface area (Å²) in [5, 5.41) is 11.3. The molecule has 13 nitrogen and oxygen atoms in total. The third kappa shape index (κ3) is 9.36. The first-order chi connectivity index (χ1) is 18.9. The van der Waals surface area contributed by atoms with E-state index < -0.39 is 36.9 Å². The highest BCUT2D eigenvalue weighted by Crippen LogP contribution is 2.35. The second kappa shape index (κ2) is 15.8. The second-order valence-corrected chi connectivity index (χ2v) is 10.1. The van der Waals surface area contributed by atoms with E-state index in [1.165, 1.54) is 0 Å². The average molecular weight is 568 g/mol. The van der Waals surface area contributed by atoms with Crippen LogP contribution in [0, 0.1) is 5.41 Å². The third-order valence-electron chi connectivity index (χ3n) is 6.30. The quantitative estimate of drug-likeness (QED) is 0.116. The number of hydrogen-bond acceptors (Lipinski definition) is 12. The molecule has 2 N–H and O–H groups in total. The van der Waals surface area contributed by atoms with Gasteiger partial charge in [-0.2, -0.15) is 0 Å². The minimum Gasteiger partial charge on any atom is -0.465 e. The fourth-order valence-electron chi connectivity index (χ4n) is 4.06. The van der Waals surface area contributed by atoms with Gasteiger partial charge in [0.1, 0.15) is 17.8 Å². The summed E-state index contributed by atoms with van der Waals surface area (Å²) in [7, 11) is 0. The van der Waals surface area contributed by atoms with Crippen LogP contribution >= 0.6 is 0 Å². The fourth-order valence-corrected chi connectivity index (χ4v) is 4.06. The monoisotopic (exact) mass is 567 g/mol. The van der Waals surface area contributed by atoms with Crippen LogP contribution in [-0.2, 0) is 39.8 Å². The molecule has 0 aliphatic carbocycles. The first kappa shape index (κ1) is 33.3. The van der Waals surface area contributed by atoms with Gasteiger partial charge in [0.25, 0.3) is 0 Å². The highest BCUT2D eigenvalue weighted by molar-refractivity contribution is 6.00. The first-order valence-electron chi connectivity index (χ1n) is 13.7. The SMILES string of the molecule is C=Nc1c(C(=N)CC)ncn1CC(C)OCC1OC(C)(OCOC(=O)OC(C)C)C1NC(C)C(=O)OCCCC. The molecule has 1 saturated heterocycles. The van der Waals surface area contributed by atoms with Crippen LogP contribution in [0.5, 0.6) is 0 Å². The Morgan fingerprint density at radius 1 is 1.27 bits per heavy atom. The molecule has 0 spiro atoms. The number of unbranched alkanes of at least 4 members (excludes halogenated alkanes) is 1. The zero-order valence-electron chi connectivity index (χ0n) is 24.7. The van der Waals surface area contributed by atoms with Crippen LogP contribution in [0.2, 0.25) is 0 Å². The Morgan fingerprint density at radius 3 is 2.62 bits per heavy atom. The number of ether oxygens (including phenoxy) is 6. The third-order valence-corrected chi connectivity index (χ3v) is 6.30. The van der Waals surface area contributed by atoms with E-state index in [1.54, 1.807) is 38.6 Å². The summed E-state index contributed by atoms with van der Waals surface area (Å²) in [6, 6.07) is -1.12. The van der Waals surface area contributed by atoms with Crippen LogP contribution in [-0.4, -0.2) is 90.3 Å². The Bertz CT molecular complexity index is 1000. The van der Waals surface area contributed by atoms with E-state index in [9.17, 15) is 9.59 Å². The van der Waals surface area contributed by atoms with Crippen molar-refractivity contribution in [2.24, 2.45) is 4.99 Å². The summed E-state index contributed by atoms with van der Waals surface area (Å²) in [6.07, 6.45) is 1.94. The van der Waals surface area contributed by atoms with E-state index in [-0.39, 0.29) is 24.8 Å². The molecule has 2 rings (SSSR count). The van der Waals surface area contributed by atoms with Crippen molar-refractivity contribution < 1.29 is 38.0 Å². The lowest BCUT2D eigenvalue weighted by molar-refractivity contribution is -0.373. The number of hydrogen-bond donors (Lipinski definition) is 2. The molecule has 5 atom stereocenters. The number of carbonyl (C=O) groups is 2. The van der Waals surface area contributed by atoms with Crippen molar-refractivity contribution in [3.63, 3.8) is 0 Å². The largest absolute Gasteiger partial charge is 0.510 e. The van der Waals surface area contributed by atoms with Crippen molar-refractivity contribution in [3.8, 4) is 0 Å². The van der Waals surface area contributed by atoms with Gasteiger partial charge < -0.3 is 38.4 Å². The standard InChI is InChI=1S/C27H45N5O8/c1-9-11-12-35-25(33)19(6)31-23-21(40-27(23,7)38-16-37-26(34)39-17(3)4)14-36-18(5)13-32-15-30-22(20(28)10-2)24(32)29-8/h15,17-19,21,23,28,31H,8-14,16H2,1-7H3. The Hall–Kier alpha value is -2.87. The number of nitrogens with one attached hydrogen (secondary N) is 2. The number of imidazole rings is 1. The number of esters is 1. The molecule has 0 radical (unpaired) electrons. The molecular formula is C27H45N5O8. The highest BCUT2D eigenvalue weighted by atomic mass is 16.8. The van der Waals surface area contributed by atoms with Crippen molar-refractivity contribution in [1.82, 2.24) is 14.9 Å². The molecule has 1 aromatic heterocycles. The molecular weight excluding hydrogens is 522 g/mol. The van der Waals surface area contributed by atoms with Gasteiger partial charge in [0.2, 0.25) is 0 Å². The summed E-state index contributed by atoms with van der Waals surface area (Å²) in [5.74, 6) is -1.06. The number of rotatable bonds is 18. The lowest BCUT2D eigenvalue weighted by Gasteiger charge is -2.52. The van der Waals surface area contributed by atoms with E-state index in [0.717, 1.165) is 12.8 Å². The minimum absolute atomic E-state index is 0.189. The van der Waals surface area contributed by atoms with Crippen molar-refractivity contribution in [2.75, 3.05) is 20.0 Å². The van der Waals surface area contributed by atoms with Crippen molar-refractivity contribution >= 4 is 30.4 Å². The summed E-state index contributed by atoms with van der Waals surface area (Å²) < 4.78 is 34.9. The molecule has 2 heterocycles. The molecule has 5 unspecified atom stereocenters. The minimum atomic E-state index is -1.20. The van der Waals surface area contributed by atoms with Gasteiger partial charge in [-0.3, -0.25) is 10.1 Å². The molecule has 226 valence electrons. The lowest BCUT2D eigenvalue weighted by atomic mass is 9.94. The zero-order chi connectivity index (χ0) is 29.9. The van der Waals surface area contributed by atoms with Gasteiger partial charge >= 0.3 is 12.1 Å². The summed E-state index contributed by atoms with van der Waals surface area (Å²) >= 11 is 0. The van der Waals surface area contributed by atoms with Crippen molar-refractivity contribution in [3.05, 3.63) is 12.0 Å². The van der Waals surface area contributed by atoms with Crippen LogP contribution in [0.15, 0.2) is 11.3 Å². The number of nitrogens with zero attached hydrogens (tertiary/aromatic N) is 3. The lowest BCUT2D eigenvalue weighted by Crippen LogP contribution is -2.73. The smallest absolute Gasteiger partial charge is 0.465 e. The molecule has 0 aromatic carbocycles. The van der Waals surface area contributed by atoms with Gasteiger partial charge in [-0.15, -0.1) is 0 Å². The van der Waals surface area contributed by atoms with Crippen LogP contribution in [0.3, 0.4) is 0 Å². The van der Waals surface area contributed by atoms with Crippen molar-refractivity contribution in [2.45, 2.75) is 110 Å².